The maximum atomic E-state index is 5.60. The molecule has 3 nitrogen and oxygen atoms in total. The Balaban J connectivity index is 0.988. The van der Waals surface area contributed by atoms with Crippen molar-refractivity contribution in [1.82, 2.24) is 14.1 Å². The van der Waals surface area contributed by atoms with Gasteiger partial charge in [0.2, 0.25) is 0 Å². The highest BCUT2D eigenvalue weighted by molar-refractivity contribution is 7.25. The van der Waals surface area contributed by atoms with Crippen LogP contribution in [0.2, 0.25) is 0 Å². The summed E-state index contributed by atoms with van der Waals surface area (Å²) in [5, 5.41) is 9.95. The molecule has 16 rings (SSSR count). The van der Waals surface area contributed by atoms with Gasteiger partial charge in [-0.15, -0.1) is 11.3 Å². The lowest BCUT2D eigenvalue weighted by Crippen LogP contribution is -2.25. The first-order chi connectivity index (χ1) is 33.8. The normalized spacial score (nSPS) is 13.4. The predicted molar refractivity (Wildman–Crippen MR) is 285 cm³/mol. The van der Waals surface area contributed by atoms with Crippen LogP contribution >= 0.6 is 11.3 Å². The quantitative estimate of drug-likeness (QED) is 0.162. The van der Waals surface area contributed by atoms with Crippen LogP contribution in [-0.4, -0.2) is 14.1 Å². The fraction of sp³-hybridized carbons (Fsp3) is 0.0156. The zero-order valence-corrected chi connectivity index (χ0v) is 37.4. The summed E-state index contributed by atoms with van der Waals surface area (Å²) >= 11 is 1.88. The molecule has 0 saturated carbocycles. The number of benzene rings is 10. The van der Waals surface area contributed by atoms with Gasteiger partial charge in [0, 0.05) is 64.7 Å². The SMILES string of the molecule is c1ccc(-n2c3ccccc3c3ccc4c(c5c6ccccc6sc5n4-c4cccc(-c5nc6ccccc6c6c7c(ccc56)C5(c6ccccc6-c6ccccc65)c5ccccc5-7)c4)c32)cc1. The van der Waals surface area contributed by atoms with Gasteiger partial charge in [-0.2, -0.15) is 0 Å². The molecule has 0 saturated heterocycles. The van der Waals surface area contributed by atoms with E-state index in [-0.39, 0.29) is 0 Å². The van der Waals surface area contributed by atoms with Crippen LogP contribution in [0.4, 0.5) is 0 Å². The monoisotopic (exact) mass is 879 g/mol. The van der Waals surface area contributed by atoms with Crippen molar-refractivity contribution in [3.05, 3.63) is 247 Å². The van der Waals surface area contributed by atoms with E-state index in [4.69, 9.17) is 4.98 Å². The Labute approximate surface area is 395 Å². The van der Waals surface area contributed by atoms with E-state index in [1.54, 1.807) is 0 Å². The van der Waals surface area contributed by atoms with Crippen LogP contribution in [0, 0.1) is 0 Å². The second-order valence-corrected chi connectivity index (χ2v) is 19.5. The molecule has 10 aromatic carbocycles. The van der Waals surface area contributed by atoms with Crippen LogP contribution in [-0.2, 0) is 5.41 Å². The highest BCUT2D eigenvalue weighted by Gasteiger charge is 2.52. The molecular weight excluding hydrogens is 843 g/mol. The van der Waals surface area contributed by atoms with Gasteiger partial charge in [0.1, 0.15) is 4.83 Å². The summed E-state index contributed by atoms with van der Waals surface area (Å²) in [5.74, 6) is 0. The number of pyridine rings is 1. The van der Waals surface area contributed by atoms with Gasteiger partial charge in [-0.3, -0.25) is 0 Å². The lowest BCUT2D eigenvalue weighted by Gasteiger charge is -2.30. The lowest BCUT2D eigenvalue weighted by atomic mass is 9.70. The van der Waals surface area contributed by atoms with Crippen molar-refractivity contribution in [2.75, 3.05) is 0 Å². The third-order valence-electron chi connectivity index (χ3n) is 15.3. The van der Waals surface area contributed by atoms with Crippen LogP contribution in [0.5, 0.6) is 0 Å². The van der Waals surface area contributed by atoms with Gasteiger partial charge >= 0.3 is 0 Å². The summed E-state index contributed by atoms with van der Waals surface area (Å²) in [6, 6.07) is 83.3. The van der Waals surface area contributed by atoms with Crippen molar-refractivity contribution < 1.29 is 0 Å². The average molecular weight is 880 g/mol. The van der Waals surface area contributed by atoms with Crippen molar-refractivity contribution in [3.63, 3.8) is 0 Å². The van der Waals surface area contributed by atoms with Gasteiger partial charge in [-0.1, -0.05) is 176 Å². The Morgan fingerprint density at radius 2 is 1.01 bits per heavy atom. The summed E-state index contributed by atoms with van der Waals surface area (Å²) < 4.78 is 6.28. The van der Waals surface area contributed by atoms with Gasteiger partial charge in [0.25, 0.3) is 0 Å². The number of rotatable bonds is 3. The standard InChI is InChI=1S/C64H37N3S/c1-2-18-39(19-3-1)66-54-31-14-8-23-43(54)44-34-36-55-60(62(44)66)59-47-26-9-15-32-56(47)68-63(59)67(55)40-20-16-17-38(37-40)61-48-33-35-52-58(57(48)46-25-7-13-30-53(46)65-61)45-24-6-12-29-51(45)64(52)49-27-10-4-21-41(49)42-22-5-11-28-50(42)64/h1-37H. The maximum Gasteiger partial charge on any atom is 0.109 e. The van der Waals surface area contributed by atoms with Crippen molar-refractivity contribution in [3.8, 4) is 44.9 Å². The predicted octanol–water partition coefficient (Wildman–Crippen LogP) is 16.8. The van der Waals surface area contributed by atoms with E-state index >= 15 is 0 Å². The summed E-state index contributed by atoms with van der Waals surface area (Å²) in [6.45, 7) is 0. The molecule has 0 atom stereocenters. The first-order valence-corrected chi connectivity index (χ1v) is 24.3. The van der Waals surface area contributed by atoms with E-state index in [9.17, 15) is 0 Å². The van der Waals surface area contributed by atoms with E-state index in [1.807, 2.05) is 11.3 Å². The highest BCUT2D eigenvalue weighted by Crippen LogP contribution is 2.64. The van der Waals surface area contributed by atoms with Gasteiger partial charge in [-0.25, -0.2) is 4.98 Å². The maximum absolute atomic E-state index is 5.60. The molecule has 0 fully saturated rings. The molecule has 68 heavy (non-hydrogen) atoms. The summed E-state index contributed by atoms with van der Waals surface area (Å²) in [7, 11) is 0. The molecule has 0 N–H and O–H groups in total. The summed E-state index contributed by atoms with van der Waals surface area (Å²) in [5.41, 5.74) is 19.2. The molecule has 4 heterocycles. The summed E-state index contributed by atoms with van der Waals surface area (Å²) in [4.78, 5) is 6.84. The van der Waals surface area contributed by atoms with Crippen LogP contribution in [0.1, 0.15) is 22.3 Å². The second-order valence-electron chi connectivity index (χ2n) is 18.5. The fourth-order valence-corrected chi connectivity index (χ4v) is 14.0. The third-order valence-corrected chi connectivity index (χ3v) is 16.5. The zero-order chi connectivity index (χ0) is 44.2. The lowest BCUT2D eigenvalue weighted by molar-refractivity contribution is 0.794. The van der Waals surface area contributed by atoms with Crippen molar-refractivity contribution in [1.29, 1.82) is 0 Å². The van der Waals surface area contributed by atoms with E-state index in [2.05, 4.69) is 234 Å². The molecule has 4 heteroatoms. The smallest absolute Gasteiger partial charge is 0.109 e. The van der Waals surface area contributed by atoms with E-state index in [0.717, 1.165) is 33.5 Å². The Bertz CT molecular complexity index is 4460. The number of thiophene rings is 1. The molecule has 0 bridgehead atoms. The molecule has 0 aliphatic heterocycles. The minimum absolute atomic E-state index is 0.430. The number of hydrogen-bond acceptors (Lipinski definition) is 2. The van der Waals surface area contributed by atoms with Crippen molar-refractivity contribution in [2.45, 2.75) is 5.41 Å². The van der Waals surface area contributed by atoms with Gasteiger partial charge in [0.15, 0.2) is 0 Å². The number of nitrogens with zero attached hydrogens (tertiary/aromatic N) is 3. The third kappa shape index (κ3) is 4.51. The number of hydrogen-bond donors (Lipinski definition) is 0. The van der Waals surface area contributed by atoms with Gasteiger partial charge in [0.05, 0.1) is 33.2 Å². The molecule has 2 aliphatic rings. The van der Waals surface area contributed by atoms with Gasteiger partial charge in [-0.05, 0) is 93.0 Å². The molecule has 0 unspecified atom stereocenters. The molecule has 14 aromatic rings. The number of para-hydroxylation sites is 3. The molecule has 0 radical (unpaired) electrons. The van der Waals surface area contributed by atoms with Crippen molar-refractivity contribution >= 4 is 86.0 Å². The van der Waals surface area contributed by atoms with E-state index < -0.39 is 5.41 Å². The largest absolute Gasteiger partial charge is 0.309 e. The van der Waals surface area contributed by atoms with E-state index in [0.29, 0.717) is 0 Å². The molecule has 4 aromatic heterocycles. The number of aromatic nitrogens is 3. The Hall–Kier alpha value is -8.57. The Kier molecular flexibility index (Phi) is 7.16. The minimum Gasteiger partial charge on any atom is -0.309 e. The van der Waals surface area contributed by atoms with Crippen LogP contribution in [0.15, 0.2) is 224 Å². The average Bonchev–Trinajstić information content (AvgIpc) is 4.19. The summed E-state index contributed by atoms with van der Waals surface area (Å²) in [6.07, 6.45) is 0. The zero-order valence-electron chi connectivity index (χ0n) is 36.6. The minimum atomic E-state index is -0.430. The first kappa shape index (κ1) is 36.6. The van der Waals surface area contributed by atoms with E-state index in [1.165, 1.54) is 108 Å². The molecule has 0 amide bonds. The first-order valence-electron chi connectivity index (χ1n) is 23.5. The molecule has 2 aliphatic carbocycles. The molecular formula is C64H37N3S. The topological polar surface area (TPSA) is 22.8 Å². The van der Waals surface area contributed by atoms with Crippen molar-refractivity contribution in [2.24, 2.45) is 0 Å². The Morgan fingerprint density at radius 3 is 1.82 bits per heavy atom. The van der Waals surface area contributed by atoms with Crippen LogP contribution in [0.25, 0.3) is 120 Å². The molecule has 314 valence electrons. The van der Waals surface area contributed by atoms with Crippen LogP contribution < -0.4 is 0 Å². The Morgan fingerprint density at radius 1 is 0.382 bits per heavy atom. The van der Waals surface area contributed by atoms with Gasteiger partial charge < -0.3 is 9.13 Å². The highest BCUT2D eigenvalue weighted by atomic mass is 32.1. The van der Waals surface area contributed by atoms with Crippen LogP contribution in [0.3, 0.4) is 0 Å². The second kappa shape index (κ2) is 13.3. The fourth-order valence-electron chi connectivity index (χ4n) is 12.8. The molecule has 1 spiro atoms. The number of fused-ring (bicyclic) bond motifs is 23.